The second kappa shape index (κ2) is 8.26. The van der Waals surface area contributed by atoms with Gasteiger partial charge in [-0.15, -0.1) is 8.78 Å². The minimum absolute atomic E-state index is 0.0733. The second-order valence-corrected chi connectivity index (χ2v) is 11.0. The Bertz CT molecular complexity index is 1350. The molecule has 2 heterocycles. The highest BCUT2D eigenvalue weighted by atomic mass is 19.3. The largest absolute Gasteiger partial charge is 0.586 e. The Labute approximate surface area is 207 Å². The molecule has 5 rings (SSSR count). The Kier molecular flexibility index (Phi) is 5.67. The molecule has 0 amide bonds. The summed E-state index contributed by atoms with van der Waals surface area (Å²) >= 11 is 0. The topological polar surface area (TPSA) is 60.7 Å². The number of carbonyl (C=O) groups excluding carboxylic acids is 1. The maximum Gasteiger partial charge on any atom is 0.586 e. The fourth-order valence-corrected chi connectivity index (χ4v) is 5.07. The predicted octanol–water partition coefficient (Wildman–Crippen LogP) is 6.01. The molecule has 2 aliphatic rings. The Morgan fingerprint density at radius 2 is 1.81 bits per heavy atom. The van der Waals surface area contributed by atoms with E-state index in [0.29, 0.717) is 42.5 Å². The number of aromatic nitrogens is 1. The van der Waals surface area contributed by atoms with Gasteiger partial charge in [-0.25, -0.2) is 4.39 Å². The van der Waals surface area contributed by atoms with Crippen LogP contribution < -0.4 is 9.47 Å². The number of carbonyl (C=O) groups is 1. The summed E-state index contributed by atoms with van der Waals surface area (Å²) in [6.07, 6.45) is -2.69. The van der Waals surface area contributed by atoms with Crippen LogP contribution in [0.5, 0.6) is 11.5 Å². The van der Waals surface area contributed by atoms with Gasteiger partial charge in [-0.1, -0.05) is 33.8 Å². The lowest BCUT2D eigenvalue weighted by atomic mass is 9.87. The van der Waals surface area contributed by atoms with Gasteiger partial charge in [0.2, 0.25) is 0 Å². The molecule has 1 fully saturated rings. The molecule has 0 spiro atoms. The maximum absolute atomic E-state index is 15.3. The third kappa shape index (κ3) is 4.25. The van der Waals surface area contributed by atoms with E-state index in [1.54, 1.807) is 12.1 Å². The first-order chi connectivity index (χ1) is 16.8. The summed E-state index contributed by atoms with van der Waals surface area (Å²) in [4.78, 5) is 13.4. The van der Waals surface area contributed by atoms with Crippen LogP contribution in [0.15, 0.2) is 36.4 Å². The van der Waals surface area contributed by atoms with Crippen LogP contribution in [0, 0.1) is 5.82 Å². The molecule has 192 valence electrons. The number of halogens is 3. The number of aliphatic hydroxyl groups is 1. The first-order valence-corrected chi connectivity index (χ1v) is 12.3. The Morgan fingerprint density at radius 1 is 1.11 bits per heavy atom. The second-order valence-electron chi connectivity index (χ2n) is 11.0. The lowest BCUT2D eigenvalue weighted by Crippen LogP contribution is -2.26. The van der Waals surface area contributed by atoms with E-state index in [1.807, 2.05) is 17.6 Å². The van der Waals surface area contributed by atoms with E-state index in [4.69, 9.17) is 0 Å². The van der Waals surface area contributed by atoms with Crippen molar-refractivity contribution < 1.29 is 32.5 Å². The number of hydrogen-bond donors (Lipinski definition) is 1. The molecule has 2 aromatic carbocycles. The molecule has 0 bridgehead atoms. The molecule has 5 nitrogen and oxygen atoms in total. The van der Waals surface area contributed by atoms with Crippen LogP contribution in [-0.4, -0.2) is 27.9 Å². The molecule has 0 unspecified atom stereocenters. The molecule has 1 aliphatic heterocycles. The van der Waals surface area contributed by atoms with Crippen LogP contribution in [0.2, 0.25) is 0 Å². The van der Waals surface area contributed by atoms with Crippen molar-refractivity contribution >= 4 is 16.7 Å². The summed E-state index contributed by atoms with van der Waals surface area (Å²) in [5.41, 5.74) is 1.45. The predicted molar refractivity (Wildman–Crippen MR) is 129 cm³/mol. The van der Waals surface area contributed by atoms with Gasteiger partial charge in [0, 0.05) is 29.5 Å². The number of rotatable bonds is 7. The van der Waals surface area contributed by atoms with Gasteiger partial charge in [-0.3, -0.25) is 4.79 Å². The molecule has 1 atom stereocenters. The highest BCUT2D eigenvalue weighted by Crippen LogP contribution is 2.52. The van der Waals surface area contributed by atoms with Gasteiger partial charge in [0.1, 0.15) is 11.6 Å². The van der Waals surface area contributed by atoms with Gasteiger partial charge in [0.15, 0.2) is 11.5 Å². The zero-order valence-electron chi connectivity index (χ0n) is 20.8. The molecule has 0 saturated heterocycles. The zero-order chi connectivity index (χ0) is 26.0. The molecule has 3 aromatic rings. The van der Waals surface area contributed by atoms with E-state index < -0.39 is 23.6 Å². The monoisotopic (exact) mass is 501 g/mol. The number of benzene rings is 2. The van der Waals surface area contributed by atoms with Gasteiger partial charge >= 0.3 is 6.29 Å². The smallest absolute Gasteiger partial charge is 0.395 e. The van der Waals surface area contributed by atoms with Crippen molar-refractivity contribution in [2.45, 2.75) is 83.2 Å². The van der Waals surface area contributed by atoms with Crippen molar-refractivity contribution in [1.82, 2.24) is 4.57 Å². The number of hydrogen-bond acceptors (Lipinski definition) is 4. The van der Waals surface area contributed by atoms with Gasteiger partial charge in [0.25, 0.3) is 0 Å². The maximum atomic E-state index is 15.3. The van der Waals surface area contributed by atoms with Crippen molar-refractivity contribution in [3.63, 3.8) is 0 Å². The molecule has 0 radical (unpaired) electrons. The Balaban J connectivity index is 1.46. The van der Waals surface area contributed by atoms with Crippen LogP contribution in [0.4, 0.5) is 13.2 Å². The average Bonchev–Trinajstić information content (AvgIpc) is 3.44. The summed E-state index contributed by atoms with van der Waals surface area (Å²) in [6.45, 7) is 8.45. The van der Waals surface area contributed by atoms with Crippen LogP contribution in [0.25, 0.3) is 10.9 Å². The van der Waals surface area contributed by atoms with E-state index in [2.05, 4.69) is 30.2 Å². The molecule has 1 N–H and O–H groups in total. The van der Waals surface area contributed by atoms with Crippen molar-refractivity contribution in [2.75, 3.05) is 0 Å². The minimum Gasteiger partial charge on any atom is -0.395 e. The number of fused-ring (bicyclic) bond motifs is 2. The van der Waals surface area contributed by atoms with Crippen LogP contribution in [0.1, 0.15) is 63.8 Å². The first kappa shape index (κ1) is 24.7. The fourth-order valence-electron chi connectivity index (χ4n) is 5.07. The number of ketones is 1. The van der Waals surface area contributed by atoms with E-state index in [-0.39, 0.29) is 29.1 Å². The number of Topliss-reactive ketones (excluding diaryl/α,β-unsaturated/α-hetero) is 1. The zero-order valence-corrected chi connectivity index (χ0v) is 20.8. The third-order valence-electron chi connectivity index (χ3n) is 7.29. The Hall–Kier alpha value is -3.00. The molecule has 1 aliphatic carbocycles. The average molecular weight is 502 g/mol. The summed E-state index contributed by atoms with van der Waals surface area (Å²) < 4.78 is 53.1. The Morgan fingerprint density at radius 3 is 2.44 bits per heavy atom. The van der Waals surface area contributed by atoms with Crippen molar-refractivity contribution in [2.24, 2.45) is 0 Å². The van der Waals surface area contributed by atoms with E-state index in [9.17, 15) is 18.7 Å². The minimum atomic E-state index is -3.73. The SMILES string of the molecule is CC[C@H](O)Cn1c(C(C)(C)C)cc2cc(CC(=O)C3(c4ccc5c(c4)OC(F)(F)O5)CC3)c(F)cc21. The fraction of sp³-hybridized carbons (Fsp3) is 0.464. The highest BCUT2D eigenvalue weighted by molar-refractivity contribution is 5.95. The van der Waals surface area contributed by atoms with Crippen LogP contribution >= 0.6 is 0 Å². The van der Waals surface area contributed by atoms with Crippen LogP contribution in [-0.2, 0) is 28.6 Å². The summed E-state index contributed by atoms with van der Waals surface area (Å²) in [6, 6.07) is 9.56. The number of ether oxygens (including phenoxy) is 2. The quantitative estimate of drug-likeness (QED) is 0.431. The lowest BCUT2D eigenvalue weighted by Gasteiger charge is -2.23. The van der Waals surface area contributed by atoms with Gasteiger partial charge in [-0.05, 0) is 60.7 Å². The van der Waals surface area contributed by atoms with E-state index in [1.165, 1.54) is 18.2 Å². The van der Waals surface area contributed by atoms with Gasteiger partial charge in [-0.2, -0.15) is 0 Å². The van der Waals surface area contributed by atoms with Gasteiger partial charge in [0.05, 0.1) is 17.0 Å². The summed E-state index contributed by atoms with van der Waals surface area (Å²) in [5, 5.41) is 11.1. The van der Waals surface area contributed by atoms with Crippen molar-refractivity contribution in [1.29, 1.82) is 0 Å². The van der Waals surface area contributed by atoms with E-state index >= 15 is 4.39 Å². The molecule has 1 aromatic heterocycles. The van der Waals surface area contributed by atoms with Crippen molar-refractivity contribution in [3.05, 3.63) is 59.0 Å². The van der Waals surface area contributed by atoms with Crippen LogP contribution in [0.3, 0.4) is 0 Å². The lowest BCUT2D eigenvalue weighted by molar-refractivity contribution is -0.286. The number of aliphatic hydroxyl groups excluding tert-OH is 1. The molecule has 8 heteroatoms. The third-order valence-corrected chi connectivity index (χ3v) is 7.29. The molecule has 1 saturated carbocycles. The molecular weight excluding hydrogens is 471 g/mol. The highest BCUT2D eigenvalue weighted by Gasteiger charge is 2.52. The standard InChI is InChI=1S/C28H30F3NO4/c1-5-19(33)15-32-21-14-20(29)16(10-17(21)11-24(32)26(2,3)4)12-25(34)27(8-9-27)18-6-7-22-23(13-18)36-28(30,31)35-22/h6-7,10-11,13-14,19,33H,5,8-9,12,15H2,1-4H3/t19-/m0/s1. The number of nitrogens with zero attached hydrogens (tertiary/aromatic N) is 1. The van der Waals surface area contributed by atoms with Gasteiger partial charge < -0.3 is 19.1 Å². The summed E-state index contributed by atoms with van der Waals surface area (Å²) in [5.74, 6) is -0.823. The summed E-state index contributed by atoms with van der Waals surface area (Å²) in [7, 11) is 0. The normalized spacial score (nSPS) is 18.4. The molecule has 36 heavy (non-hydrogen) atoms. The molecular formula is C28H30F3NO4. The van der Waals surface area contributed by atoms with Crippen molar-refractivity contribution in [3.8, 4) is 11.5 Å². The number of alkyl halides is 2. The first-order valence-electron chi connectivity index (χ1n) is 12.3. The van der Waals surface area contributed by atoms with E-state index in [0.717, 1.165) is 11.1 Å².